The Bertz CT molecular complexity index is 947. The SMILES string of the molecule is O=c1c(-c2ccccc2)ccnn1CCCCN1CCN(c2ccccc2)CC1. The highest BCUT2D eigenvalue weighted by Crippen LogP contribution is 2.16. The minimum absolute atomic E-state index is 0.00447. The molecule has 1 saturated heterocycles. The second kappa shape index (κ2) is 9.52. The van der Waals surface area contributed by atoms with E-state index in [1.54, 1.807) is 16.9 Å². The molecule has 150 valence electrons. The van der Waals surface area contributed by atoms with Gasteiger partial charge in [-0.15, -0.1) is 0 Å². The highest BCUT2D eigenvalue weighted by atomic mass is 16.1. The van der Waals surface area contributed by atoms with E-state index in [1.807, 2.05) is 30.3 Å². The van der Waals surface area contributed by atoms with Gasteiger partial charge in [-0.1, -0.05) is 48.5 Å². The van der Waals surface area contributed by atoms with Crippen molar-refractivity contribution in [2.75, 3.05) is 37.6 Å². The fraction of sp³-hybridized carbons (Fsp3) is 0.333. The Morgan fingerprint density at radius 1 is 0.759 bits per heavy atom. The van der Waals surface area contributed by atoms with Gasteiger partial charge in [-0.3, -0.25) is 9.69 Å². The first-order chi connectivity index (χ1) is 14.3. The van der Waals surface area contributed by atoms with Gasteiger partial charge in [-0.2, -0.15) is 5.10 Å². The number of nitrogens with zero attached hydrogens (tertiary/aromatic N) is 4. The van der Waals surface area contributed by atoms with Crippen LogP contribution in [0.25, 0.3) is 11.1 Å². The minimum atomic E-state index is -0.00447. The maximum atomic E-state index is 12.7. The van der Waals surface area contributed by atoms with Crippen LogP contribution in [0.3, 0.4) is 0 Å². The van der Waals surface area contributed by atoms with E-state index in [9.17, 15) is 4.79 Å². The Balaban J connectivity index is 1.24. The molecule has 1 aliphatic heterocycles. The van der Waals surface area contributed by atoms with Crippen molar-refractivity contribution in [3.05, 3.63) is 83.3 Å². The summed E-state index contributed by atoms with van der Waals surface area (Å²) >= 11 is 0. The zero-order chi connectivity index (χ0) is 19.9. The molecule has 1 fully saturated rings. The predicted molar refractivity (Wildman–Crippen MR) is 118 cm³/mol. The van der Waals surface area contributed by atoms with Crippen molar-refractivity contribution in [2.24, 2.45) is 0 Å². The molecular weight excluding hydrogens is 360 g/mol. The van der Waals surface area contributed by atoms with Gasteiger partial charge >= 0.3 is 0 Å². The van der Waals surface area contributed by atoms with Crippen LogP contribution in [0.1, 0.15) is 12.8 Å². The van der Waals surface area contributed by atoms with Gasteiger partial charge in [0.15, 0.2) is 0 Å². The summed E-state index contributed by atoms with van der Waals surface area (Å²) in [6.07, 6.45) is 3.77. The largest absolute Gasteiger partial charge is 0.369 e. The summed E-state index contributed by atoms with van der Waals surface area (Å²) < 4.78 is 1.61. The maximum Gasteiger partial charge on any atom is 0.274 e. The van der Waals surface area contributed by atoms with Crippen LogP contribution >= 0.6 is 0 Å². The number of hydrogen-bond acceptors (Lipinski definition) is 4. The van der Waals surface area contributed by atoms with Gasteiger partial charge in [-0.05, 0) is 43.1 Å². The monoisotopic (exact) mass is 388 g/mol. The Morgan fingerprint density at radius 2 is 1.41 bits per heavy atom. The quantitative estimate of drug-likeness (QED) is 0.581. The van der Waals surface area contributed by atoms with Gasteiger partial charge in [0.25, 0.3) is 5.56 Å². The zero-order valence-corrected chi connectivity index (χ0v) is 16.8. The van der Waals surface area contributed by atoms with Crippen molar-refractivity contribution in [3.8, 4) is 11.1 Å². The maximum absolute atomic E-state index is 12.7. The number of piperazine rings is 1. The second-order valence-electron chi connectivity index (χ2n) is 7.51. The molecule has 5 heteroatoms. The lowest BCUT2D eigenvalue weighted by Gasteiger charge is -2.36. The van der Waals surface area contributed by atoms with E-state index in [1.165, 1.54) is 5.69 Å². The van der Waals surface area contributed by atoms with Crippen LogP contribution in [0.15, 0.2) is 77.7 Å². The van der Waals surface area contributed by atoms with Crippen molar-refractivity contribution in [2.45, 2.75) is 19.4 Å². The van der Waals surface area contributed by atoms with Gasteiger partial charge in [-0.25, -0.2) is 4.68 Å². The lowest BCUT2D eigenvalue weighted by atomic mass is 10.1. The molecule has 4 rings (SSSR count). The van der Waals surface area contributed by atoms with E-state index in [4.69, 9.17) is 0 Å². The lowest BCUT2D eigenvalue weighted by molar-refractivity contribution is 0.250. The summed E-state index contributed by atoms with van der Waals surface area (Å²) in [5, 5.41) is 4.28. The molecular formula is C24H28N4O. The van der Waals surface area contributed by atoms with Gasteiger partial charge in [0.2, 0.25) is 0 Å². The van der Waals surface area contributed by atoms with Crippen molar-refractivity contribution < 1.29 is 0 Å². The predicted octanol–water partition coefficient (Wildman–Crippen LogP) is 3.51. The molecule has 1 aromatic heterocycles. The third-order valence-corrected chi connectivity index (χ3v) is 5.58. The van der Waals surface area contributed by atoms with Crippen LogP contribution in [0, 0.1) is 0 Å². The Morgan fingerprint density at radius 3 is 2.14 bits per heavy atom. The van der Waals surface area contributed by atoms with E-state index >= 15 is 0 Å². The summed E-state index contributed by atoms with van der Waals surface area (Å²) in [6.45, 7) is 6.08. The van der Waals surface area contributed by atoms with Crippen molar-refractivity contribution >= 4 is 5.69 Å². The fourth-order valence-corrected chi connectivity index (χ4v) is 3.91. The summed E-state index contributed by atoms with van der Waals surface area (Å²) in [7, 11) is 0. The number of aryl methyl sites for hydroxylation is 1. The molecule has 0 unspecified atom stereocenters. The molecule has 0 aliphatic carbocycles. The molecule has 29 heavy (non-hydrogen) atoms. The lowest BCUT2D eigenvalue weighted by Crippen LogP contribution is -2.46. The molecule has 0 saturated carbocycles. The Hall–Kier alpha value is -2.92. The normalized spacial score (nSPS) is 14.8. The number of benzene rings is 2. The summed E-state index contributed by atoms with van der Waals surface area (Å²) in [5.41, 5.74) is 2.98. The summed E-state index contributed by atoms with van der Waals surface area (Å²) in [6, 6.07) is 22.3. The number of hydrogen-bond donors (Lipinski definition) is 0. The van der Waals surface area contributed by atoms with Gasteiger partial charge < -0.3 is 4.90 Å². The third kappa shape index (κ3) is 4.93. The van der Waals surface area contributed by atoms with Crippen LogP contribution in [0.4, 0.5) is 5.69 Å². The number of rotatable bonds is 7. The molecule has 3 aromatic rings. The average Bonchev–Trinajstić information content (AvgIpc) is 2.79. The first-order valence-electron chi connectivity index (χ1n) is 10.5. The van der Waals surface area contributed by atoms with Gasteiger partial charge in [0.05, 0.1) is 5.56 Å². The van der Waals surface area contributed by atoms with E-state index < -0.39 is 0 Å². The smallest absolute Gasteiger partial charge is 0.274 e. The van der Waals surface area contributed by atoms with Crippen molar-refractivity contribution in [1.29, 1.82) is 0 Å². The summed E-state index contributed by atoms with van der Waals surface area (Å²) in [5.74, 6) is 0. The molecule has 2 aromatic carbocycles. The Kier molecular flexibility index (Phi) is 6.37. The molecule has 0 N–H and O–H groups in total. The second-order valence-corrected chi connectivity index (χ2v) is 7.51. The van der Waals surface area contributed by atoms with Crippen molar-refractivity contribution in [3.63, 3.8) is 0 Å². The van der Waals surface area contributed by atoms with Gasteiger partial charge in [0.1, 0.15) is 0 Å². The Labute approximate surface area is 172 Å². The minimum Gasteiger partial charge on any atom is -0.369 e. The number of unbranched alkanes of at least 4 members (excludes halogenated alkanes) is 1. The van der Waals surface area contributed by atoms with Crippen molar-refractivity contribution in [1.82, 2.24) is 14.7 Å². The standard InChI is InChI=1S/C24H28N4O/c29-24-23(21-9-3-1-4-10-21)13-14-25-28(24)16-8-7-15-26-17-19-27(20-18-26)22-11-5-2-6-12-22/h1-6,9-14H,7-8,15-20H2. The van der Waals surface area contributed by atoms with Crippen LogP contribution in [0.2, 0.25) is 0 Å². The fourth-order valence-electron chi connectivity index (χ4n) is 3.91. The number of aromatic nitrogens is 2. The van der Waals surface area contributed by atoms with E-state index in [2.05, 4.69) is 45.2 Å². The van der Waals surface area contributed by atoms with E-state index in [0.717, 1.165) is 56.7 Å². The molecule has 0 atom stereocenters. The topological polar surface area (TPSA) is 41.4 Å². The number of anilines is 1. The summed E-state index contributed by atoms with van der Waals surface area (Å²) in [4.78, 5) is 17.7. The highest BCUT2D eigenvalue weighted by Gasteiger charge is 2.16. The molecule has 2 heterocycles. The molecule has 0 bridgehead atoms. The average molecular weight is 389 g/mol. The molecule has 1 aliphatic rings. The van der Waals surface area contributed by atoms with Crippen LogP contribution < -0.4 is 10.5 Å². The van der Waals surface area contributed by atoms with Crippen LogP contribution in [-0.2, 0) is 6.54 Å². The molecule has 0 amide bonds. The zero-order valence-electron chi connectivity index (χ0n) is 16.8. The highest BCUT2D eigenvalue weighted by molar-refractivity contribution is 5.61. The first kappa shape index (κ1) is 19.4. The van der Waals surface area contributed by atoms with Crippen LogP contribution in [-0.4, -0.2) is 47.4 Å². The van der Waals surface area contributed by atoms with E-state index in [-0.39, 0.29) is 5.56 Å². The first-order valence-corrected chi connectivity index (χ1v) is 10.5. The van der Waals surface area contributed by atoms with Gasteiger partial charge in [0, 0.05) is 44.6 Å². The molecule has 5 nitrogen and oxygen atoms in total. The molecule has 0 spiro atoms. The molecule has 0 radical (unpaired) electrons. The third-order valence-electron chi connectivity index (χ3n) is 5.58. The van der Waals surface area contributed by atoms with E-state index in [0.29, 0.717) is 6.54 Å². The number of para-hydroxylation sites is 1. The van der Waals surface area contributed by atoms with Crippen LogP contribution in [0.5, 0.6) is 0 Å².